The van der Waals surface area contributed by atoms with E-state index in [4.69, 9.17) is 9.47 Å². The Morgan fingerprint density at radius 2 is 1.60 bits per heavy atom. The van der Waals surface area contributed by atoms with Crippen molar-refractivity contribution < 1.29 is 24.2 Å². The molecule has 35 heavy (non-hydrogen) atoms. The Labute approximate surface area is 210 Å². The molecule has 6 heteroatoms. The summed E-state index contributed by atoms with van der Waals surface area (Å²) in [6.07, 6.45) is 0.784. The van der Waals surface area contributed by atoms with Gasteiger partial charge < -0.3 is 19.9 Å². The zero-order valence-electron chi connectivity index (χ0n) is 22.4. The number of carbonyl (C=O) groups is 2. The molecule has 0 fully saturated rings. The maximum absolute atomic E-state index is 12.8. The van der Waals surface area contributed by atoms with E-state index in [1.807, 2.05) is 77.1 Å². The van der Waals surface area contributed by atoms with Crippen molar-refractivity contribution in [3.05, 3.63) is 53.6 Å². The zero-order valence-corrected chi connectivity index (χ0v) is 22.4. The summed E-state index contributed by atoms with van der Waals surface area (Å²) in [7, 11) is 0. The smallest absolute Gasteiger partial charge is 0.316 e. The molecule has 0 aliphatic carbocycles. The molecule has 2 aromatic rings. The lowest BCUT2D eigenvalue weighted by molar-refractivity contribution is -0.143. The molecule has 0 heterocycles. The monoisotopic (exact) mass is 483 g/mol. The number of ether oxygens (including phenoxy) is 2. The van der Waals surface area contributed by atoms with Crippen LogP contribution in [0, 0.1) is 18.3 Å². The van der Waals surface area contributed by atoms with Crippen LogP contribution in [-0.2, 0) is 9.59 Å². The number of carboxylic acids is 1. The standard InChI is InChI=1S/C29H41NO5/c1-19-9-12-23(13-10-19)34-24-14-11-21(17-25(24)35-27(33)28(3,4)5)22(18-30-29(6,7)8)15-20(2)16-26(31)32/h9-14,17,20,22,30H,15-16,18H2,1-8H3,(H,31,32). The predicted molar refractivity (Wildman–Crippen MR) is 139 cm³/mol. The number of esters is 1. The molecule has 2 unspecified atom stereocenters. The van der Waals surface area contributed by atoms with E-state index in [0.29, 0.717) is 30.2 Å². The van der Waals surface area contributed by atoms with Crippen molar-refractivity contribution in [3.63, 3.8) is 0 Å². The lowest BCUT2D eigenvalue weighted by Gasteiger charge is -2.28. The van der Waals surface area contributed by atoms with Crippen molar-refractivity contribution in [3.8, 4) is 17.2 Å². The normalized spacial score (nSPS) is 13.7. The fraction of sp³-hybridized carbons (Fsp3) is 0.517. The lowest BCUT2D eigenvalue weighted by Crippen LogP contribution is -2.39. The van der Waals surface area contributed by atoms with E-state index in [-0.39, 0.29) is 29.8 Å². The summed E-state index contributed by atoms with van der Waals surface area (Å²) in [6.45, 7) is 16.3. The molecular formula is C29H41NO5. The second-order valence-corrected chi connectivity index (χ2v) is 11.5. The van der Waals surface area contributed by atoms with Crippen LogP contribution in [0.15, 0.2) is 42.5 Å². The van der Waals surface area contributed by atoms with Gasteiger partial charge in [0.05, 0.1) is 5.41 Å². The molecule has 6 nitrogen and oxygen atoms in total. The Morgan fingerprint density at radius 3 is 2.14 bits per heavy atom. The van der Waals surface area contributed by atoms with E-state index in [1.165, 1.54) is 0 Å². The quantitative estimate of drug-likeness (QED) is 0.288. The molecule has 0 aliphatic heterocycles. The van der Waals surface area contributed by atoms with Crippen molar-refractivity contribution in [1.82, 2.24) is 5.32 Å². The largest absolute Gasteiger partial charge is 0.481 e. The Morgan fingerprint density at radius 1 is 0.971 bits per heavy atom. The predicted octanol–water partition coefficient (Wildman–Crippen LogP) is 6.71. The average molecular weight is 484 g/mol. The van der Waals surface area contributed by atoms with Crippen LogP contribution < -0.4 is 14.8 Å². The van der Waals surface area contributed by atoms with Crippen LogP contribution in [0.1, 0.15) is 78.4 Å². The molecule has 2 atom stereocenters. The van der Waals surface area contributed by atoms with Gasteiger partial charge in [-0.1, -0.05) is 30.7 Å². The number of carboxylic acid groups (broad SMARTS) is 1. The Hall–Kier alpha value is -2.86. The van der Waals surface area contributed by atoms with E-state index in [0.717, 1.165) is 11.1 Å². The maximum atomic E-state index is 12.8. The van der Waals surface area contributed by atoms with E-state index >= 15 is 0 Å². The first kappa shape index (κ1) is 28.4. The van der Waals surface area contributed by atoms with Gasteiger partial charge in [-0.25, -0.2) is 0 Å². The van der Waals surface area contributed by atoms with Gasteiger partial charge in [0.15, 0.2) is 11.5 Å². The fourth-order valence-corrected chi connectivity index (χ4v) is 3.56. The minimum absolute atomic E-state index is 0.0108. The van der Waals surface area contributed by atoms with Crippen LogP contribution in [-0.4, -0.2) is 29.1 Å². The molecule has 0 aliphatic rings. The van der Waals surface area contributed by atoms with E-state index in [2.05, 4.69) is 26.1 Å². The van der Waals surface area contributed by atoms with Gasteiger partial charge in [0.1, 0.15) is 5.75 Å². The van der Waals surface area contributed by atoms with Crippen LogP contribution in [0.5, 0.6) is 17.2 Å². The Kier molecular flexibility index (Phi) is 9.50. The topological polar surface area (TPSA) is 84.9 Å². The van der Waals surface area contributed by atoms with Crippen LogP contribution >= 0.6 is 0 Å². The van der Waals surface area contributed by atoms with Gasteiger partial charge in [0, 0.05) is 18.5 Å². The van der Waals surface area contributed by atoms with Gasteiger partial charge in [-0.15, -0.1) is 0 Å². The number of benzene rings is 2. The summed E-state index contributed by atoms with van der Waals surface area (Å²) in [5.41, 5.74) is 1.31. The maximum Gasteiger partial charge on any atom is 0.316 e. The van der Waals surface area contributed by atoms with Crippen molar-refractivity contribution in [2.75, 3.05) is 6.54 Å². The zero-order chi connectivity index (χ0) is 26.4. The molecule has 0 aromatic heterocycles. The number of hydrogen-bond acceptors (Lipinski definition) is 5. The van der Waals surface area contributed by atoms with Crippen molar-refractivity contribution >= 4 is 11.9 Å². The molecule has 0 amide bonds. The third kappa shape index (κ3) is 9.73. The number of carbonyl (C=O) groups excluding carboxylic acids is 1. The van der Waals surface area contributed by atoms with Crippen LogP contribution in [0.25, 0.3) is 0 Å². The summed E-state index contributed by atoms with van der Waals surface area (Å²) in [6, 6.07) is 13.3. The molecule has 0 radical (unpaired) electrons. The number of aryl methyl sites for hydroxylation is 1. The molecule has 2 rings (SSSR count). The van der Waals surface area contributed by atoms with Crippen molar-refractivity contribution in [2.45, 2.75) is 79.7 Å². The van der Waals surface area contributed by atoms with Crippen LogP contribution in [0.3, 0.4) is 0 Å². The summed E-state index contributed by atoms with van der Waals surface area (Å²) in [5, 5.41) is 12.8. The highest BCUT2D eigenvalue weighted by Gasteiger charge is 2.27. The fourth-order valence-electron chi connectivity index (χ4n) is 3.56. The molecule has 0 spiro atoms. The van der Waals surface area contributed by atoms with Crippen molar-refractivity contribution in [1.29, 1.82) is 0 Å². The van der Waals surface area contributed by atoms with Crippen LogP contribution in [0.4, 0.5) is 0 Å². The van der Waals surface area contributed by atoms with E-state index in [1.54, 1.807) is 0 Å². The molecule has 0 saturated carbocycles. The first-order valence-corrected chi connectivity index (χ1v) is 12.2. The lowest BCUT2D eigenvalue weighted by atomic mass is 9.87. The SMILES string of the molecule is Cc1ccc(Oc2ccc(C(CNC(C)(C)C)CC(C)CC(=O)O)cc2OC(=O)C(C)(C)C)cc1. The first-order valence-electron chi connectivity index (χ1n) is 12.2. The number of aliphatic carboxylic acids is 1. The van der Waals surface area contributed by atoms with Gasteiger partial charge >= 0.3 is 11.9 Å². The molecule has 2 N–H and O–H groups in total. The van der Waals surface area contributed by atoms with Gasteiger partial charge in [0.25, 0.3) is 0 Å². The second-order valence-electron chi connectivity index (χ2n) is 11.5. The highest BCUT2D eigenvalue weighted by molar-refractivity contribution is 5.78. The third-order valence-corrected chi connectivity index (χ3v) is 5.59. The van der Waals surface area contributed by atoms with E-state index in [9.17, 15) is 14.7 Å². The number of rotatable bonds is 10. The Bertz CT molecular complexity index is 999. The average Bonchev–Trinajstić information content (AvgIpc) is 2.72. The minimum atomic E-state index is -0.804. The minimum Gasteiger partial charge on any atom is -0.481 e. The van der Waals surface area contributed by atoms with Crippen LogP contribution in [0.2, 0.25) is 0 Å². The molecular weight excluding hydrogens is 442 g/mol. The summed E-state index contributed by atoms with van der Waals surface area (Å²) in [4.78, 5) is 24.0. The third-order valence-electron chi connectivity index (χ3n) is 5.59. The highest BCUT2D eigenvalue weighted by Crippen LogP contribution is 2.37. The molecule has 0 bridgehead atoms. The number of nitrogens with one attached hydrogen (secondary N) is 1. The van der Waals surface area contributed by atoms with E-state index < -0.39 is 11.4 Å². The van der Waals surface area contributed by atoms with Crippen molar-refractivity contribution in [2.24, 2.45) is 11.3 Å². The summed E-state index contributed by atoms with van der Waals surface area (Å²) < 4.78 is 11.9. The molecule has 192 valence electrons. The summed E-state index contributed by atoms with van der Waals surface area (Å²) >= 11 is 0. The molecule has 2 aromatic carbocycles. The van der Waals surface area contributed by atoms with Gasteiger partial charge in [-0.3, -0.25) is 9.59 Å². The first-order chi connectivity index (χ1) is 16.1. The molecule has 0 saturated heterocycles. The Balaban J connectivity index is 2.44. The van der Waals surface area contributed by atoms with Gasteiger partial charge in [-0.05, 0) is 96.6 Å². The number of hydrogen-bond donors (Lipinski definition) is 2. The van der Waals surface area contributed by atoms with Gasteiger partial charge in [-0.2, -0.15) is 0 Å². The highest BCUT2D eigenvalue weighted by atomic mass is 16.6. The van der Waals surface area contributed by atoms with Gasteiger partial charge in [0.2, 0.25) is 0 Å². The second kappa shape index (κ2) is 11.7. The summed E-state index contributed by atoms with van der Waals surface area (Å²) in [5.74, 6) is 0.324.